The van der Waals surface area contributed by atoms with Gasteiger partial charge in [-0.05, 0) is 57.9 Å². The van der Waals surface area contributed by atoms with E-state index in [0.717, 1.165) is 28.1 Å². The van der Waals surface area contributed by atoms with Crippen LogP contribution in [0.2, 0.25) is 0 Å². The van der Waals surface area contributed by atoms with Crippen molar-refractivity contribution in [3.63, 3.8) is 0 Å². The van der Waals surface area contributed by atoms with Crippen LogP contribution < -0.4 is 0 Å². The van der Waals surface area contributed by atoms with Gasteiger partial charge in [0.25, 0.3) is 11.1 Å². The van der Waals surface area contributed by atoms with Crippen molar-refractivity contribution in [2.75, 3.05) is 0 Å². The molecular weight excluding hydrogens is 349 g/mol. The highest BCUT2D eigenvalue weighted by molar-refractivity contribution is 8.18. The Balaban J connectivity index is 1.57. The highest BCUT2D eigenvalue weighted by Crippen LogP contribution is 2.33. The Hall–Kier alpha value is -2.92. The van der Waals surface area contributed by atoms with Crippen LogP contribution in [-0.4, -0.2) is 16.0 Å². The van der Waals surface area contributed by atoms with Crippen LogP contribution in [0, 0.1) is 5.82 Å². The van der Waals surface area contributed by atoms with Crippen molar-refractivity contribution in [2.24, 2.45) is 0 Å². The summed E-state index contributed by atoms with van der Waals surface area (Å²) < 4.78 is 13.0. The molecule has 3 nitrogen and oxygen atoms in total. The molecule has 0 bridgehead atoms. The van der Waals surface area contributed by atoms with E-state index in [4.69, 9.17) is 0 Å². The zero-order chi connectivity index (χ0) is 18.1. The molecule has 26 heavy (non-hydrogen) atoms. The van der Waals surface area contributed by atoms with Crippen LogP contribution in [0.3, 0.4) is 0 Å². The van der Waals surface area contributed by atoms with Gasteiger partial charge >= 0.3 is 0 Å². The highest BCUT2D eigenvalue weighted by Gasteiger charge is 2.34. The number of nitrogens with zero attached hydrogens (tertiary/aromatic N) is 1. The monoisotopic (exact) mass is 363 g/mol. The van der Waals surface area contributed by atoms with E-state index >= 15 is 0 Å². The lowest BCUT2D eigenvalue weighted by molar-refractivity contribution is -0.123. The summed E-state index contributed by atoms with van der Waals surface area (Å²) in [6, 6.07) is 19.6. The van der Waals surface area contributed by atoms with E-state index in [1.165, 1.54) is 17.0 Å². The van der Waals surface area contributed by atoms with E-state index in [9.17, 15) is 14.0 Å². The van der Waals surface area contributed by atoms with Crippen molar-refractivity contribution in [1.82, 2.24) is 4.90 Å². The number of fused-ring (bicyclic) bond motifs is 1. The molecule has 1 fully saturated rings. The first kappa shape index (κ1) is 16.5. The number of carbonyl (C=O) groups is 2. The molecule has 128 valence electrons. The second kappa shape index (κ2) is 6.77. The van der Waals surface area contributed by atoms with Gasteiger partial charge in [0.05, 0.1) is 11.4 Å². The third kappa shape index (κ3) is 3.26. The second-order valence-corrected chi connectivity index (χ2v) is 6.99. The molecule has 1 heterocycles. The van der Waals surface area contributed by atoms with Crippen molar-refractivity contribution in [3.8, 4) is 0 Å². The SMILES string of the molecule is O=C1S/C(=C\c2ccc(F)cc2)C(=O)N1Cc1ccc2ccccc2c1. The van der Waals surface area contributed by atoms with Crippen molar-refractivity contribution in [3.05, 3.63) is 88.6 Å². The third-order valence-corrected chi connectivity index (χ3v) is 5.10. The summed E-state index contributed by atoms with van der Waals surface area (Å²) >= 11 is 0.908. The average Bonchev–Trinajstić information content (AvgIpc) is 2.91. The predicted molar refractivity (Wildman–Crippen MR) is 102 cm³/mol. The van der Waals surface area contributed by atoms with Crippen molar-refractivity contribution < 1.29 is 14.0 Å². The molecule has 0 N–H and O–H groups in total. The van der Waals surface area contributed by atoms with Gasteiger partial charge in [0.2, 0.25) is 0 Å². The van der Waals surface area contributed by atoms with Gasteiger partial charge in [0.1, 0.15) is 5.82 Å². The first-order valence-electron chi connectivity index (χ1n) is 8.09. The Bertz CT molecular complexity index is 1040. The number of benzene rings is 3. The van der Waals surface area contributed by atoms with E-state index in [1.54, 1.807) is 18.2 Å². The molecule has 3 aromatic carbocycles. The molecule has 0 aliphatic carbocycles. The van der Waals surface area contributed by atoms with Crippen LogP contribution in [-0.2, 0) is 11.3 Å². The Morgan fingerprint density at radius 2 is 1.65 bits per heavy atom. The molecule has 1 aliphatic rings. The molecule has 2 amide bonds. The van der Waals surface area contributed by atoms with Crippen molar-refractivity contribution >= 4 is 39.8 Å². The first-order valence-corrected chi connectivity index (χ1v) is 8.90. The molecular formula is C21H14FNO2S. The summed E-state index contributed by atoms with van der Waals surface area (Å²) in [5.74, 6) is -0.663. The fourth-order valence-corrected chi connectivity index (χ4v) is 3.70. The van der Waals surface area contributed by atoms with Gasteiger partial charge in [-0.25, -0.2) is 4.39 Å². The maximum absolute atomic E-state index is 13.0. The number of hydrogen-bond acceptors (Lipinski definition) is 3. The van der Waals surface area contributed by atoms with Gasteiger partial charge in [0.15, 0.2) is 0 Å². The van der Waals surface area contributed by atoms with E-state index in [1.807, 2.05) is 42.5 Å². The summed E-state index contributed by atoms with van der Waals surface area (Å²) in [5.41, 5.74) is 1.58. The fraction of sp³-hybridized carbons (Fsp3) is 0.0476. The number of carbonyl (C=O) groups excluding carboxylic acids is 2. The Morgan fingerprint density at radius 1 is 0.923 bits per heavy atom. The minimum absolute atomic E-state index is 0.232. The van der Waals surface area contributed by atoms with Gasteiger partial charge in [-0.1, -0.05) is 48.5 Å². The van der Waals surface area contributed by atoms with Crippen LogP contribution >= 0.6 is 11.8 Å². The van der Waals surface area contributed by atoms with Crippen LogP contribution in [0.4, 0.5) is 9.18 Å². The number of halogens is 1. The molecule has 0 radical (unpaired) electrons. The summed E-state index contributed by atoms with van der Waals surface area (Å²) in [5, 5.41) is 1.89. The van der Waals surface area contributed by atoms with Crippen LogP contribution in [0.1, 0.15) is 11.1 Å². The standard InChI is InChI=1S/C21H14FNO2S/c22-18-9-6-14(7-10-18)12-19-20(24)23(21(25)26-19)13-15-5-8-16-3-1-2-4-17(16)11-15/h1-12H,13H2/b19-12-. The smallest absolute Gasteiger partial charge is 0.268 e. The summed E-state index contributed by atoms with van der Waals surface area (Å²) in [4.78, 5) is 26.5. The average molecular weight is 363 g/mol. The number of rotatable bonds is 3. The van der Waals surface area contributed by atoms with Crippen LogP contribution in [0.15, 0.2) is 71.6 Å². The maximum atomic E-state index is 13.0. The molecule has 0 unspecified atom stereocenters. The summed E-state index contributed by atoms with van der Waals surface area (Å²) in [7, 11) is 0. The lowest BCUT2D eigenvalue weighted by atomic mass is 10.1. The van der Waals surface area contributed by atoms with Gasteiger partial charge in [0, 0.05) is 0 Å². The lowest BCUT2D eigenvalue weighted by Gasteiger charge is -2.13. The molecule has 0 spiro atoms. The van der Waals surface area contributed by atoms with Gasteiger partial charge in [-0.15, -0.1) is 0 Å². The van der Waals surface area contributed by atoms with Crippen LogP contribution in [0.5, 0.6) is 0 Å². The quantitative estimate of drug-likeness (QED) is 0.599. The topological polar surface area (TPSA) is 37.4 Å². The molecule has 4 rings (SSSR count). The molecule has 0 atom stereocenters. The zero-order valence-electron chi connectivity index (χ0n) is 13.7. The Labute approximate surface area is 154 Å². The summed E-state index contributed by atoms with van der Waals surface area (Å²) in [6.07, 6.45) is 1.62. The number of thioether (sulfide) groups is 1. The Morgan fingerprint density at radius 3 is 2.42 bits per heavy atom. The normalized spacial score (nSPS) is 16.0. The zero-order valence-corrected chi connectivity index (χ0v) is 14.5. The van der Waals surface area contributed by atoms with Crippen LogP contribution in [0.25, 0.3) is 16.8 Å². The molecule has 0 saturated carbocycles. The molecule has 3 aromatic rings. The predicted octanol–water partition coefficient (Wildman–Crippen LogP) is 5.22. The number of imide groups is 1. The third-order valence-electron chi connectivity index (χ3n) is 4.20. The minimum Gasteiger partial charge on any atom is -0.268 e. The minimum atomic E-state index is -0.341. The largest absolute Gasteiger partial charge is 0.293 e. The van der Waals surface area contributed by atoms with Gasteiger partial charge in [-0.3, -0.25) is 14.5 Å². The number of hydrogen-bond donors (Lipinski definition) is 0. The van der Waals surface area contributed by atoms with E-state index in [0.29, 0.717) is 10.5 Å². The highest BCUT2D eigenvalue weighted by atomic mass is 32.2. The fourth-order valence-electron chi connectivity index (χ4n) is 2.87. The van der Waals surface area contributed by atoms with Crippen molar-refractivity contribution in [1.29, 1.82) is 0 Å². The maximum Gasteiger partial charge on any atom is 0.293 e. The van der Waals surface area contributed by atoms with E-state index < -0.39 is 0 Å². The molecule has 5 heteroatoms. The molecule has 0 aromatic heterocycles. The van der Waals surface area contributed by atoms with E-state index in [-0.39, 0.29) is 23.5 Å². The second-order valence-electron chi connectivity index (χ2n) is 6.00. The van der Waals surface area contributed by atoms with Gasteiger partial charge < -0.3 is 0 Å². The van der Waals surface area contributed by atoms with Gasteiger partial charge in [-0.2, -0.15) is 0 Å². The lowest BCUT2D eigenvalue weighted by Crippen LogP contribution is -2.27. The van der Waals surface area contributed by atoms with Crippen molar-refractivity contribution in [2.45, 2.75) is 6.54 Å². The molecule has 1 aliphatic heterocycles. The summed E-state index contributed by atoms with van der Waals surface area (Å²) in [6.45, 7) is 0.232. The Kier molecular flexibility index (Phi) is 4.31. The van der Waals surface area contributed by atoms with E-state index in [2.05, 4.69) is 0 Å². The first-order chi connectivity index (χ1) is 12.6. The number of amides is 2. The molecule has 1 saturated heterocycles.